The lowest BCUT2D eigenvalue weighted by molar-refractivity contribution is -0.386. The number of ether oxygens (including phenoxy) is 1. The quantitative estimate of drug-likeness (QED) is 0.389. The number of likely N-dealkylation sites (N-methyl/N-ethyl adjacent to an activating group) is 1. The van der Waals surface area contributed by atoms with Crippen LogP contribution >= 0.6 is 24.0 Å². The van der Waals surface area contributed by atoms with E-state index < -0.39 is 16.4 Å². The Morgan fingerprint density at radius 1 is 1.55 bits per heavy atom. The van der Waals surface area contributed by atoms with Crippen molar-refractivity contribution < 1.29 is 19.6 Å². The van der Waals surface area contributed by atoms with Crippen molar-refractivity contribution in [3.05, 3.63) is 32.7 Å². The van der Waals surface area contributed by atoms with Crippen molar-refractivity contribution in [2.75, 3.05) is 13.7 Å². The van der Waals surface area contributed by atoms with Crippen molar-refractivity contribution >= 4 is 46.0 Å². The molecule has 1 amide bonds. The number of thiocarbonyl (C=S) groups is 1. The molecule has 1 heterocycles. The van der Waals surface area contributed by atoms with E-state index in [1.165, 1.54) is 23.1 Å². The van der Waals surface area contributed by atoms with E-state index in [1.807, 2.05) is 0 Å². The molecule has 0 aliphatic carbocycles. The standard InChI is InChI=1S/C13H12N2O5S2/c1-3-20-9-5-7(4-8(11(9)16)15(18)19)6-10-12(17)14(2)13(21)22-10/h4-6,16H,3H2,1-2H3/b10-6-. The molecule has 1 fully saturated rings. The first-order chi connectivity index (χ1) is 10.3. The summed E-state index contributed by atoms with van der Waals surface area (Å²) in [4.78, 5) is 23.9. The van der Waals surface area contributed by atoms with E-state index in [2.05, 4.69) is 0 Å². The van der Waals surface area contributed by atoms with Crippen LogP contribution < -0.4 is 4.74 Å². The fourth-order valence-corrected chi connectivity index (χ4v) is 2.98. The molecule has 0 spiro atoms. The van der Waals surface area contributed by atoms with Crippen molar-refractivity contribution in [3.8, 4) is 11.5 Å². The summed E-state index contributed by atoms with van der Waals surface area (Å²) in [5, 5.41) is 20.8. The van der Waals surface area contributed by atoms with Crippen LogP contribution in [-0.4, -0.2) is 38.8 Å². The summed E-state index contributed by atoms with van der Waals surface area (Å²) in [7, 11) is 1.56. The average molecular weight is 340 g/mol. The molecule has 0 radical (unpaired) electrons. The van der Waals surface area contributed by atoms with Crippen molar-refractivity contribution in [1.29, 1.82) is 0 Å². The Morgan fingerprint density at radius 3 is 2.73 bits per heavy atom. The highest BCUT2D eigenvalue weighted by atomic mass is 32.2. The molecule has 9 heteroatoms. The number of rotatable bonds is 4. The number of nitro benzene ring substituents is 1. The molecular weight excluding hydrogens is 328 g/mol. The van der Waals surface area contributed by atoms with Crippen LogP contribution in [0.4, 0.5) is 5.69 Å². The molecule has 1 aromatic carbocycles. The molecule has 0 bridgehead atoms. The molecule has 22 heavy (non-hydrogen) atoms. The van der Waals surface area contributed by atoms with E-state index in [9.17, 15) is 20.0 Å². The number of phenolic OH excluding ortho intramolecular Hbond substituents is 1. The molecule has 0 aromatic heterocycles. The number of nitrogens with zero attached hydrogens (tertiary/aromatic N) is 2. The Bertz CT molecular complexity index is 702. The molecule has 0 unspecified atom stereocenters. The van der Waals surface area contributed by atoms with Crippen LogP contribution in [0.15, 0.2) is 17.0 Å². The lowest BCUT2D eigenvalue weighted by atomic mass is 10.1. The highest BCUT2D eigenvalue weighted by Gasteiger charge is 2.29. The third-order valence-corrected chi connectivity index (χ3v) is 4.34. The van der Waals surface area contributed by atoms with Gasteiger partial charge >= 0.3 is 5.69 Å². The minimum absolute atomic E-state index is 0.00470. The number of carbonyl (C=O) groups excluding carboxylic acids is 1. The first-order valence-corrected chi connectivity index (χ1v) is 7.43. The van der Waals surface area contributed by atoms with Crippen LogP contribution in [0.1, 0.15) is 12.5 Å². The molecule has 1 saturated heterocycles. The van der Waals surface area contributed by atoms with Gasteiger partial charge in [0, 0.05) is 13.1 Å². The fraction of sp³-hybridized carbons (Fsp3) is 0.231. The second-order valence-electron chi connectivity index (χ2n) is 4.32. The SMILES string of the molecule is CCOc1cc(/C=C2\SC(=S)N(C)C2=O)cc([N+](=O)[O-])c1O. The van der Waals surface area contributed by atoms with Gasteiger partial charge in [-0.1, -0.05) is 24.0 Å². The highest BCUT2D eigenvalue weighted by molar-refractivity contribution is 8.26. The van der Waals surface area contributed by atoms with E-state index in [1.54, 1.807) is 14.0 Å². The Balaban J connectivity index is 2.50. The zero-order chi connectivity index (χ0) is 16.4. The minimum atomic E-state index is -0.708. The summed E-state index contributed by atoms with van der Waals surface area (Å²) >= 11 is 6.13. The van der Waals surface area contributed by atoms with Gasteiger partial charge in [0.15, 0.2) is 5.75 Å². The summed E-state index contributed by atoms with van der Waals surface area (Å²) in [6, 6.07) is 2.62. The molecule has 1 aromatic rings. The summed E-state index contributed by atoms with van der Waals surface area (Å²) in [5.41, 5.74) is -0.105. The van der Waals surface area contributed by atoms with E-state index in [4.69, 9.17) is 17.0 Å². The van der Waals surface area contributed by atoms with Gasteiger partial charge in [0.05, 0.1) is 16.4 Å². The van der Waals surface area contributed by atoms with Crippen LogP contribution in [-0.2, 0) is 4.79 Å². The van der Waals surface area contributed by atoms with Crippen LogP contribution in [0.2, 0.25) is 0 Å². The van der Waals surface area contributed by atoms with E-state index in [0.717, 1.165) is 11.8 Å². The zero-order valence-electron chi connectivity index (χ0n) is 11.7. The van der Waals surface area contributed by atoms with Gasteiger partial charge in [0.25, 0.3) is 5.91 Å². The smallest absolute Gasteiger partial charge is 0.315 e. The second kappa shape index (κ2) is 6.32. The van der Waals surface area contributed by atoms with E-state index >= 15 is 0 Å². The molecule has 7 nitrogen and oxygen atoms in total. The maximum atomic E-state index is 12.0. The fourth-order valence-electron chi connectivity index (χ4n) is 1.80. The monoisotopic (exact) mass is 340 g/mol. The summed E-state index contributed by atoms with van der Waals surface area (Å²) in [5.74, 6) is -0.814. The Morgan fingerprint density at radius 2 is 2.23 bits per heavy atom. The molecule has 0 saturated carbocycles. The summed E-state index contributed by atoms with van der Waals surface area (Å²) in [6.07, 6.45) is 1.48. The van der Waals surface area contributed by atoms with Crippen molar-refractivity contribution in [2.45, 2.75) is 6.92 Å². The Labute approximate surface area is 135 Å². The number of aromatic hydroxyl groups is 1. The Kier molecular flexibility index (Phi) is 4.67. The number of nitro groups is 1. The Hall–Kier alpha value is -2.13. The number of thioether (sulfide) groups is 1. The van der Waals surface area contributed by atoms with Crippen molar-refractivity contribution in [3.63, 3.8) is 0 Å². The first-order valence-electron chi connectivity index (χ1n) is 6.21. The molecule has 0 atom stereocenters. The van der Waals surface area contributed by atoms with Gasteiger partial charge < -0.3 is 9.84 Å². The molecule has 2 rings (SSSR count). The summed E-state index contributed by atoms with van der Waals surface area (Å²) in [6.45, 7) is 1.94. The topological polar surface area (TPSA) is 92.9 Å². The predicted molar refractivity (Wildman–Crippen MR) is 86.9 cm³/mol. The number of hydrogen-bond acceptors (Lipinski definition) is 7. The number of benzene rings is 1. The van der Waals surface area contributed by atoms with Crippen molar-refractivity contribution in [2.24, 2.45) is 0 Å². The molecule has 1 aliphatic heterocycles. The minimum Gasteiger partial charge on any atom is -0.500 e. The van der Waals surface area contributed by atoms with Crippen LogP contribution in [0.3, 0.4) is 0 Å². The maximum absolute atomic E-state index is 12.0. The van der Waals surface area contributed by atoms with Crippen LogP contribution in [0.5, 0.6) is 11.5 Å². The second-order valence-corrected chi connectivity index (χ2v) is 5.99. The predicted octanol–water partition coefficient (Wildman–Crippen LogP) is 2.53. The zero-order valence-corrected chi connectivity index (χ0v) is 13.4. The number of hydrogen-bond donors (Lipinski definition) is 1. The van der Waals surface area contributed by atoms with Gasteiger partial charge in [-0.05, 0) is 24.6 Å². The van der Waals surface area contributed by atoms with E-state index in [-0.39, 0.29) is 18.3 Å². The first kappa shape index (κ1) is 16.2. The highest BCUT2D eigenvalue weighted by Crippen LogP contribution is 2.39. The van der Waals surface area contributed by atoms with Gasteiger partial charge in [-0.25, -0.2) is 0 Å². The number of phenols is 1. The third kappa shape index (κ3) is 3.04. The van der Waals surface area contributed by atoms with E-state index in [0.29, 0.717) is 14.8 Å². The molecule has 1 aliphatic rings. The average Bonchev–Trinajstić information content (AvgIpc) is 2.69. The largest absolute Gasteiger partial charge is 0.500 e. The van der Waals surface area contributed by atoms with Crippen LogP contribution in [0, 0.1) is 10.1 Å². The molecular formula is C13H12N2O5S2. The van der Waals surface area contributed by atoms with Gasteiger partial charge in [-0.15, -0.1) is 0 Å². The van der Waals surface area contributed by atoms with Gasteiger partial charge in [0.2, 0.25) is 5.75 Å². The van der Waals surface area contributed by atoms with Crippen molar-refractivity contribution in [1.82, 2.24) is 4.90 Å². The summed E-state index contributed by atoms with van der Waals surface area (Å²) < 4.78 is 5.60. The lowest BCUT2D eigenvalue weighted by Gasteiger charge is -2.07. The number of amides is 1. The molecule has 116 valence electrons. The normalized spacial score (nSPS) is 16.5. The van der Waals surface area contributed by atoms with Gasteiger partial charge in [-0.2, -0.15) is 0 Å². The third-order valence-electron chi connectivity index (χ3n) is 2.86. The maximum Gasteiger partial charge on any atom is 0.315 e. The van der Waals surface area contributed by atoms with Gasteiger partial charge in [-0.3, -0.25) is 19.8 Å². The number of carbonyl (C=O) groups is 1. The lowest BCUT2D eigenvalue weighted by Crippen LogP contribution is -2.22. The van der Waals surface area contributed by atoms with Gasteiger partial charge in [0.1, 0.15) is 4.32 Å². The molecule has 1 N–H and O–H groups in total. The van der Waals surface area contributed by atoms with Crippen LogP contribution in [0.25, 0.3) is 6.08 Å².